The molecular weight excluding hydrogens is 266 g/mol. The first-order valence-corrected chi connectivity index (χ1v) is 8.41. The van der Waals surface area contributed by atoms with E-state index in [-0.39, 0.29) is 11.2 Å². The van der Waals surface area contributed by atoms with Crippen LogP contribution >= 0.6 is 0 Å². The first-order chi connectivity index (χ1) is 8.81. The molecular formula is C11H21N5O2S. The largest absolute Gasteiger partial charge is 0.339 e. The van der Waals surface area contributed by atoms with Gasteiger partial charge in [0, 0.05) is 19.3 Å². The molecule has 1 unspecified atom stereocenters. The van der Waals surface area contributed by atoms with Gasteiger partial charge in [-0.2, -0.15) is 4.98 Å². The summed E-state index contributed by atoms with van der Waals surface area (Å²) in [5.74, 6) is 0.845. The second kappa shape index (κ2) is 5.09. The van der Waals surface area contributed by atoms with E-state index in [1.807, 2.05) is 0 Å². The molecule has 8 heteroatoms. The molecule has 0 radical (unpaired) electrons. The van der Waals surface area contributed by atoms with Crippen LogP contribution in [0.3, 0.4) is 0 Å². The number of hydrogen-bond acceptors (Lipinski definition) is 6. The van der Waals surface area contributed by atoms with Crippen molar-refractivity contribution in [2.75, 3.05) is 30.8 Å². The van der Waals surface area contributed by atoms with Crippen LogP contribution in [0.4, 0.5) is 5.95 Å². The second-order valence-electron chi connectivity index (χ2n) is 5.69. The summed E-state index contributed by atoms with van der Waals surface area (Å²) in [7, 11) is -3.09. The van der Waals surface area contributed by atoms with Crippen LogP contribution in [0.5, 0.6) is 0 Å². The fraction of sp³-hybridized carbons (Fsp3) is 0.818. The van der Waals surface area contributed by atoms with Gasteiger partial charge in [0.2, 0.25) is 5.95 Å². The van der Waals surface area contributed by atoms with Crippen LogP contribution in [-0.4, -0.2) is 49.5 Å². The SMILES string of the molecule is CC1(CN)CCCN(c2n[nH]c(CS(C)(=O)=O)n2)C1. The predicted molar refractivity (Wildman–Crippen MR) is 73.5 cm³/mol. The van der Waals surface area contributed by atoms with Gasteiger partial charge in [-0.25, -0.2) is 8.42 Å². The van der Waals surface area contributed by atoms with Crippen LogP contribution in [0.1, 0.15) is 25.6 Å². The monoisotopic (exact) mass is 287 g/mol. The van der Waals surface area contributed by atoms with E-state index in [9.17, 15) is 8.42 Å². The highest BCUT2D eigenvalue weighted by molar-refractivity contribution is 7.89. The van der Waals surface area contributed by atoms with Crippen molar-refractivity contribution in [3.8, 4) is 0 Å². The van der Waals surface area contributed by atoms with Gasteiger partial charge in [0.1, 0.15) is 11.6 Å². The van der Waals surface area contributed by atoms with Gasteiger partial charge in [-0.1, -0.05) is 6.92 Å². The van der Waals surface area contributed by atoms with Crippen LogP contribution in [0.25, 0.3) is 0 Å². The zero-order valence-corrected chi connectivity index (χ0v) is 12.2. The second-order valence-corrected chi connectivity index (χ2v) is 7.83. The normalized spacial score (nSPS) is 24.7. The van der Waals surface area contributed by atoms with Crippen molar-refractivity contribution in [2.45, 2.75) is 25.5 Å². The molecule has 1 fully saturated rings. The number of sulfone groups is 1. The number of piperidine rings is 1. The molecule has 19 heavy (non-hydrogen) atoms. The zero-order chi connectivity index (χ0) is 14.1. The molecule has 0 spiro atoms. The summed E-state index contributed by atoms with van der Waals surface area (Å²) in [4.78, 5) is 6.33. The van der Waals surface area contributed by atoms with Crippen molar-refractivity contribution in [1.82, 2.24) is 15.2 Å². The molecule has 0 aliphatic carbocycles. The van der Waals surface area contributed by atoms with Crippen LogP contribution < -0.4 is 10.6 Å². The molecule has 2 rings (SSSR count). The first-order valence-electron chi connectivity index (χ1n) is 6.35. The molecule has 0 aromatic carbocycles. The van der Waals surface area contributed by atoms with E-state index in [0.717, 1.165) is 25.9 Å². The van der Waals surface area contributed by atoms with Crippen molar-refractivity contribution >= 4 is 15.8 Å². The lowest BCUT2D eigenvalue weighted by molar-refractivity contribution is 0.270. The number of aromatic nitrogens is 3. The molecule has 2 heterocycles. The summed E-state index contributed by atoms with van der Waals surface area (Å²) in [6, 6.07) is 0. The summed E-state index contributed by atoms with van der Waals surface area (Å²) >= 11 is 0. The van der Waals surface area contributed by atoms with Crippen LogP contribution in [-0.2, 0) is 15.6 Å². The number of hydrogen-bond donors (Lipinski definition) is 2. The van der Waals surface area contributed by atoms with E-state index < -0.39 is 9.84 Å². The average molecular weight is 287 g/mol. The molecule has 1 atom stereocenters. The van der Waals surface area contributed by atoms with E-state index in [4.69, 9.17) is 5.73 Å². The smallest absolute Gasteiger partial charge is 0.244 e. The minimum Gasteiger partial charge on any atom is -0.339 e. The van der Waals surface area contributed by atoms with Crippen molar-refractivity contribution in [1.29, 1.82) is 0 Å². The number of anilines is 1. The number of nitrogens with zero attached hydrogens (tertiary/aromatic N) is 3. The molecule has 0 bridgehead atoms. The van der Waals surface area contributed by atoms with Gasteiger partial charge in [0.05, 0.1) is 0 Å². The van der Waals surface area contributed by atoms with E-state index in [1.54, 1.807) is 0 Å². The Hall–Kier alpha value is -1.15. The lowest BCUT2D eigenvalue weighted by Crippen LogP contribution is -2.46. The molecule has 1 aliphatic heterocycles. The number of nitrogens with one attached hydrogen (secondary N) is 1. The molecule has 1 aliphatic rings. The minimum absolute atomic E-state index is 0.0792. The lowest BCUT2D eigenvalue weighted by atomic mass is 9.82. The van der Waals surface area contributed by atoms with Gasteiger partial charge in [-0.15, -0.1) is 5.10 Å². The van der Waals surface area contributed by atoms with Gasteiger partial charge in [-0.05, 0) is 24.8 Å². The van der Waals surface area contributed by atoms with Crippen molar-refractivity contribution < 1.29 is 8.42 Å². The van der Waals surface area contributed by atoms with Crippen LogP contribution in [0.15, 0.2) is 0 Å². The molecule has 1 saturated heterocycles. The zero-order valence-electron chi connectivity index (χ0n) is 11.4. The maximum atomic E-state index is 11.2. The Morgan fingerprint density at radius 3 is 2.89 bits per heavy atom. The Morgan fingerprint density at radius 2 is 2.26 bits per heavy atom. The fourth-order valence-corrected chi connectivity index (χ4v) is 3.02. The highest BCUT2D eigenvalue weighted by Gasteiger charge is 2.31. The fourth-order valence-electron chi connectivity index (χ4n) is 2.39. The minimum atomic E-state index is -3.09. The number of H-pyrrole nitrogens is 1. The molecule has 0 saturated carbocycles. The van der Waals surface area contributed by atoms with Crippen molar-refractivity contribution in [2.24, 2.45) is 11.1 Å². The average Bonchev–Trinajstić information content (AvgIpc) is 2.75. The van der Waals surface area contributed by atoms with E-state index in [1.165, 1.54) is 6.26 Å². The highest BCUT2D eigenvalue weighted by Crippen LogP contribution is 2.29. The van der Waals surface area contributed by atoms with Gasteiger partial charge < -0.3 is 10.6 Å². The van der Waals surface area contributed by atoms with Gasteiger partial charge >= 0.3 is 0 Å². The van der Waals surface area contributed by atoms with Gasteiger partial charge in [0.25, 0.3) is 0 Å². The third kappa shape index (κ3) is 3.66. The molecule has 3 N–H and O–H groups in total. The number of aromatic amines is 1. The summed E-state index contributed by atoms with van der Waals surface area (Å²) in [5.41, 5.74) is 5.89. The van der Waals surface area contributed by atoms with E-state index in [0.29, 0.717) is 18.3 Å². The third-order valence-electron chi connectivity index (χ3n) is 3.48. The topological polar surface area (TPSA) is 105 Å². The first kappa shape index (κ1) is 14.3. The van der Waals surface area contributed by atoms with Crippen LogP contribution in [0, 0.1) is 5.41 Å². The lowest BCUT2D eigenvalue weighted by Gasteiger charge is -2.39. The molecule has 7 nitrogen and oxygen atoms in total. The molecule has 108 valence electrons. The summed E-state index contributed by atoms with van der Waals surface area (Å²) < 4.78 is 22.4. The summed E-state index contributed by atoms with van der Waals surface area (Å²) in [5, 5.41) is 6.80. The standard InChI is InChI=1S/C11H21N5O2S/c1-11(7-12)4-3-5-16(8-11)10-13-9(14-15-10)6-19(2,17)18/h3-8,12H2,1-2H3,(H,13,14,15). The highest BCUT2D eigenvalue weighted by atomic mass is 32.2. The Kier molecular flexibility index (Phi) is 3.82. The van der Waals surface area contributed by atoms with E-state index in [2.05, 4.69) is 27.0 Å². The number of nitrogens with two attached hydrogens (primary N) is 1. The Morgan fingerprint density at radius 1 is 1.53 bits per heavy atom. The number of rotatable bonds is 4. The summed E-state index contributed by atoms with van der Waals surface area (Å²) in [6.07, 6.45) is 3.33. The van der Waals surface area contributed by atoms with Gasteiger partial charge in [-0.3, -0.25) is 5.10 Å². The molecule has 0 amide bonds. The Bertz CT molecular complexity index is 541. The maximum absolute atomic E-state index is 11.2. The Balaban J connectivity index is 2.10. The van der Waals surface area contributed by atoms with Crippen LogP contribution in [0.2, 0.25) is 0 Å². The summed E-state index contributed by atoms with van der Waals surface area (Å²) in [6.45, 7) is 4.47. The maximum Gasteiger partial charge on any atom is 0.244 e. The predicted octanol–water partition coefficient (Wildman–Crippen LogP) is -0.0855. The van der Waals surface area contributed by atoms with E-state index >= 15 is 0 Å². The molecule has 1 aromatic heterocycles. The van der Waals surface area contributed by atoms with Gasteiger partial charge in [0.15, 0.2) is 9.84 Å². The molecule has 1 aromatic rings. The quantitative estimate of drug-likeness (QED) is 0.802. The van der Waals surface area contributed by atoms with Crippen molar-refractivity contribution in [3.05, 3.63) is 5.82 Å². The van der Waals surface area contributed by atoms with Crippen molar-refractivity contribution in [3.63, 3.8) is 0 Å². The Labute approximate surface area is 113 Å². The third-order valence-corrected chi connectivity index (χ3v) is 4.27.